The normalized spacial score (nSPS) is 27.2. The zero-order valence-corrected chi connectivity index (χ0v) is 15.1. The van der Waals surface area contributed by atoms with Crippen LogP contribution < -0.4 is 0 Å². The smallest absolute Gasteiger partial charge is 0.223 e. The van der Waals surface area contributed by atoms with Crippen molar-refractivity contribution < 1.29 is 4.79 Å². The Morgan fingerprint density at radius 1 is 0.960 bits per heavy atom. The van der Waals surface area contributed by atoms with E-state index in [0.717, 1.165) is 13.0 Å². The molecule has 1 spiro atoms. The highest BCUT2D eigenvalue weighted by molar-refractivity contribution is 5.80. The highest BCUT2D eigenvalue weighted by Gasteiger charge is 2.53. The molecule has 2 aliphatic heterocycles. The quantitative estimate of drug-likeness (QED) is 0.682. The number of fused-ring (bicyclic) bond motifs is 6. The molecule has 2 heterocycles. The number of carbonyl (C=O) groups is 1. The Labute approximate surface area is 149 Å². The summed E-state index contributed by atoms with van der Waals surface area (Å²) in [5.41, 5.74) is 8.53. The molecule has 1 saturated heterocycles. The summed E-state index contributed by atoms with van der Waals surface area (Å²) in [5, 5.41) is 0. The van der Waals surface area contributed by atoms with Crippen LogP contribution in [0.4, 0.5) is 0 Å². The lowest BCUT2D eigenvalue weighted by Gasteiger charge is -2.50. The Hall–Kier alpha value is -2.09. The molecule has 2 atom stereocenters. The average Bonchev–Trinajstić information content (AvgIpc) is 2.99. The third-order valence-electron chi connectivity index (χ3n) is 6.75. The van der Waals surface area contributed by atoms with Crippen LogP contribution in [0.5, 0.6) is 0 Å². The second-order valence-corrected chi connectivity index (χ2v) is 8.30. The molecule has 5 rings (SSSR count). The number of hydrogen-bond acceptors (Lipinski definition) is 1. The fraction of sp³-hybridized carbons (Fsp3) is 0.435. The van der Waals surface area contributed by atoms with Crippen molar-refractivity contribution in [1.82, 2.24) is 4.90 Å². The van der Waals surface area contributed by atoms with Gasteiger partial charge in [-0.25, -0.2) is 0 Å². The van der Waals surface area contributed by atoms with Gasteiger partial charge in [0.15, 0.2) is 0 Å². The Morgan fingerprint density at radius 2 is 1.72 bits per heavy atom. The summed E-state index contributed by atoms with van der Waals surface area (Å²) in [7, 11) is 0. The van der Waals surface area contributed by atoms with Gasteiger partial charge in [-0.2, -0.15) is 0 Å². The number of carbonyl (C=O) groups excluding carboxylic acids is 1. The lowest BCUT2D eigenvalue weighted by molar-refractivity contribution is -0.140. The molecule has 2 aromatic rings. The molecule has 1 aliphatic carbocycles. The Balaban J connectivity index is 1.75. The number of piperidine rings is 1. The Kier molecular flexibility index (Phi) is 3.16. The fourth-order valence-electron chi connectivity index (χ4n) is 5.64. The summed E-state index contributed by atoms with van der Waals surface area (Å²) in [4.78, 5) is 14.9. The molecule has 0 bridgehead atoms. The van der Waals surface area contributed by atoms with Crippen LogP contribution in [0.1, 0.15) is 65.1 Å². The molecule has 1 amide bonds. The van der Waals surface area contributed by atoms with E-state index in [1.165, 1.54) is 52.6 Å². The minimum absolute atomic E-state index is 0.104. The number of nitrogens with zero attached hydrogens (tertiary/aromatic N) is 1. The second kappa shape index (κ2) is 5.20. The van der Waals surface area contributed by atoms with Crippen molar-refractivity contribution in [3.05, 3.63) is 69.8 Å². The second-order valence-electron chi connectivity index (χ2n) is 8.30. The monoisotopic (exact) mass is 331 g/mol. The summed E-state index contributed by atoms with van der Waals surface area (Å²) in [6, 6.07) is 14.0. The Bertz CT molecular complexity index is 884. The van der Waals surface area contributed by atoms with Crippen LogP contribution in [0.2, 0.25) is 0 Å². The minimum Gasteiger partial charge on any atom is -0.330 e. The number of hydrogen-bond donors (Lipinski definition) is 0. The van der Waals surface area contributed by atoms with Gasteiger partial charge in [-0.3, -0.25) is 4.79 Å². The average molecular weight is 331 g/mol. The van der Waals surface area contributed by atoms with E-state index < -0.39 is 0 Å². The van der Waals surface area contributed by atoms with E-state index in [1.54, 1.807) is 0 Å². The zero-order valence-electron chi connectivity index (χ0n) is 15.1. The molecule has 2 aromatic carbocycles. The maximum Gasteiger partial charge on any atom is 0.223 e. The van der Waals surface area contributed by atoms with Crippen molar-refractivity contribution in [3.63, 3.8) is 0 Å². The molecule has 0 unspecified atom stereocenters. The lowest BCUT2D eigenvalue weighted by atomic mass is 9.60. The third-order valence-corrected chi connectivity index (χ3v) is 6.75. The van der Waals surface area contributed by atoms with Crippen molar-refractivity contribution in [3.8, 4) is 0 Å². The van der Waals surface area contributed by atoms with Gasteiger partial charge in [-0.1, -0.05) is 47.5 Å². The number of rotatable bonds is 0. The highest BCUT2D eigenvalue weighted by atomic mass is 16.2. The van der Waals surface area contributed by atoms with Gasteiger partial charge in [-0.05, 0) is 61.8 Å². The number of amides is 1. The first kappa shape index (κ1) is 15.2. The number of benzene rings is 2. The summed E-state index contributed by atoms with van der Waals surface area (Å²) in [6.45, 7) is 5.16. The van der Waals surface area contributed by atoms with E-state index in [4.69, 9.17) is 0 Å². The van der Waals surface area contributed by atoms with Gasteiger partial charge in [-0.15, -0.1) is 0 Å². The lowest BCUT2D eigenvalue weighted by Crippen LogP contribution is -2.49. The molecule has 1 fully saturated rings. The summed E-state index contributed by atoms with van der Waals surface area (Å²) in [5.74, 6) is 0.337. The predicted octanol–water partition coefficient (Wildman–Crippen LogP) is 4.75. The van der Waals surface area contributed by atoms with Crippen molar-refractivity contribution >= 4 is 5.91 Å². The molecular formula is C23H25NO. The van der Waals surface area contributed by atoms with Gasteiger partial charge < -0.3 is 4.90 Å². The largest absolute Gasteiger partial charge is 0.330 e. The first-order valence-electron chi connectivity index (χ1n) is 9.57. The molecular weight excluding hydrogens is 306 g/mol. The maximum absolute atomic E-state index is 12.8. The minimum atomic E-state index is 0.104. The summed E-state index contributed by atoms with van der Waals surface area (Å²) < 4.78 is 0. The van der Waals surface area contributed by atoms with Crippen molar-refractivity contribution in [2.45, 2.75) is 64.0 Å². The standard InChI is InChI=1S/C23H25NO/c1-15-6-8-18-14-24-21(25)9-11-23(22(24)19(18)12-15)10-3-4-17-7-5-16(2)13-20(17)23/h5-8,12-13,22H,3-4,9-11,14H2,1-2H3/t22-,23+/m1/s1. The van der Waals surface area contributed by atoms with Crippen molar-refractivity contribution in [2.75, 3.05) is 0 Å². The molecule has 0 saturated carbocycles. The predicted molar refractivity (Wildman–Crippen MR) is 99.5 cm³/mol. The van der Waals surface area contributed by atoms with E-state index in [-0.39, 0.29) is 11.5 Å². The van der Waals surface area contributed by atoms with Crippen LogP contribution in [0.15, 0.2) is 36.4 Å². The fourth-order valence-corrected chi connectivity index (χ4v) is 5.64. The van der Waals surface area contributed by atoms with Crippen LogP contribution >= 0.6 is 0 Å². The van der Waals surface area contributed by atoms with Gasteiger partial charge in [0.2, 0.25) is 5.91 Å². The van der Waals surface area contributed by atoms with E-state index >= 15 is 0 Å². The van der Waals surface area contributed by atoms with Gasteiger partial charge in [0, 0.05) is 18.4 Å². The third kappa shape index (κ3) is 2.06. The van der Waals surface area contributed by atoms with Crippen molar-refractivity contribution in [2.24, 2.45) is 0 Å². The number of aryl methyl sites for hydroxylation is 3. The molecule has 0 N–H and O–H groups in total. The maximum atomic E-state index is 12.8. The highest BCUT2D eigenvalue weighted by Crippen LogP contribution is 2.57. The summed E-state index contributed by atoms with van der Waals surface area (Å²) >= 11 is 0. The first-order valence-corrected chi connectivity index (χ1v) is 9.57. The molecule has 2 heteroatoms. The van der Waals surface area contributed by atoms with Crippen molar-refractivity contribution in [1.29, 1.82) is 0 Å². The van der Waals surface area contributed by atoms with Crippen LogP contribution in [-0.2, 0) is 23.2 Å². The molecule has 128 valence electrons. The van der Waals surface area contributed by atoms with E-state index in [9.17, 15) is 4.79 Å². The van der Waals surface area contributed by atoms with E-state index in [1.807, 2.05) is 0 Å². The molecule has 2 nitrogen and oxygen atoms in total. The van der Waals surface area contributed by atoms with Crippen LogP contribution in [-0.4, -0.2) is 10.8 Å². The molecule has 25 heavy (non-hydrogen) atoms. The SMILES string of the molecule is Cc1ccc2c(c1)[C@H]1N(C2)C(=O)CC[C@]12CCCc1ccc(C)cc12. The van der Waals surface area contributed by atoms with E-state index in [2.05, 4.69) is 55.1 Å². The van der Waals surface area contributed by atoms with E-state index in [0.29, 0.717) is 12.3 Å². The Morgan fingerprint density at radius 3 is 2.56 bits per heavy atom. The topological polar surface area (TPSA) is 20.3 Å². The van der Waals surface area contributed by atoms with Gasteiger partial charge in [0.25, 0.3) is 0 Å². The van der Waals surface area contributed by atoms with Gasteiger partial charge in [0.1, 0.15) is 0 Å². The first-order chi connectivity index (χ1) is 12.1. The van der Waals surface area contributed by atoms with Crippen LogP contribution in [0, 0.1) is 13.8 Å². The van der Waals surface area contributed by atoms with Crippen LogP contribution in [0.25, 0.3) is 0 Å². The van der Waals surface area contributed by atoms with Gasteiger partial charge >= 0.3 is 0 Å². The molecule has 0 aromatic heterocycles. The summed E-state index contributed by atoms with van der Waals surface area (Å²) in [6.07, 6.45) is 5.30. The molecule has 0 radical (unpaired) electrons. The zero-order chi connectivity index (χ0) is 17.2. The molecule has 3 aliphatic rings. The van der Waals surface area contributed by atoms with Gasteiger partial charge in [0.05, 0.1) is 6.04 Å². The van der Waals surface area contributed by atoms with Crippen LogP contribution in [0.3, 0.4) is 0 Å².